The van der Waals surface area contributed by atoms with E-state index in [9.17, 15) is 9.90 Å². The Morgan fingerprint density at radius 1 is 1.20 bits per heavy atom. The van der Waals surface area contributed by atoms with Crippen LogP contribution in [0.3, 0.4) is 0 Å². The van der Waals surface area contributed by atoms with Gasteiger partial charge in [0.1, 0.15) is 0 Å². The highest BCUT2D eigenvalue weighted by Gasteiger charge is 2.30. The van der Waals surface area contributed by atoms with Gasteiger partial charge >= 0.3 is 5.97 Å². The number of hydrogen-bond acceptors (Lipinski definition) is 5. The standard InChI is InChI=1S/C19H24N4O2/c1-20-23(21-2)17-11-4-3-10-16(17)18(14-7-5-8-14)22-12-6-9-15(13-22)19(24)25/h3-4,10-11,15H,1-2,5-9,12-13H2,(H,24,25). The van der Waals surface area contributed by atoms with Gasteiger partial charge in [0.15, 0.2) is 0 Å². The van der Waals surface area contributed by atoms with Crippen LogP contribution in [-0.4, -0.2) is 42.5 Å². The van der Waals surface area contributed by atoms with E-state index in [2.05, 4.69) is 28.5 Å². The lowest BCUT2D eigenvalue weighted by Gasteiger charge is -2.38. The highest BCUT2D eigenvalue weighted by Crippen LogP contribution is 2.40. The van der Waals surface area contributed by atoms with E-state index in [1.165, 1.54) is 17.1 Å². The summed E-state index contributed by atoms with van der Waals surface area (Å²) < 4.78 is 0. The Balaban J connectivity index is 2.03. The minimum absolute atomic E-state index is 0.317. The first-order valence-corrected chi connectivity index (χ1v) is 8.68. The molecule has 1 unspecified atom stereocenters. The fraction of sp³-hybridized carbons (Fsp3) is 0.421. The molecule has 0 aromatic heterocycles. The number of anilines is 1. The summed E-state index contributed by atoms with van der Waals surface area (Å²) in [6.45, 7) is 8.56. The molecule has 6 heteroatoms. The number of nitrogens with zero attached hydrogens (tertiary/aromatic N) is 4. The van der Waals surface area contributed by atoms with Gasteiger partial charge in [-0.3, -0.25) is 4.79 Å². The van der Waals surface area contributed by atoms with Gasteiger partial charge in [0.25, 0.3) is 0 Å². The molecule has 0 spiro atoms. The number of likely N-dealkylation sites (tertiary alicyclic amines) is 1. The molecule has 0 radical (unpaired) electrons. The Kier molecular flexibility index (Phi) is 5.16. The third-order valence-corrected chi connectivity index (χ3v) is 5.02. The molecule has 1 aliphatic heterocycles. The molecule has 1 aromatic rings. The van der Waals surface area contributed by atoms with E-state index in [-0.39, 0.29) is 5.92 Å². The highest BCUT2D eigenvalue weighted by atomic mass is 16.4. The summed E-state index contributed by atoms with van der Waals surface area (Å²) in [6, 6.07) is 7.91. The lowest BCUT2D eigenvalue weighted by Crippen LogP contribution is -2.38. The average Bonchev–Trinajstić information content (AvgIpc) is 2.60. The molecule has 2 aliphatic rings. The van der Waals surface area contributed by atoms with E-state index in [1.54, 1.807) is 0 Å². The first-order chi connectivity index (χ1) is 12.2. The van der Waals surface area contributed by atoms with Crippen molar-refractivity contribution in [3.8, 4) is 0 Å². The van der Waals surface area contributed by atoms with E-state index >= 15 is 0 Å². The lowest BCUT2D eigenvalue weighted by molar-refractivity contribution is -0.143. The van der Waals surface area contributed by atoms with E-state index < -0.39 is 5.97 Å². The van der Waals surface area contributed by atoms with Crippen molar-refractivity contribution < 1.29 is 9.90 Å². The predicted molar refractivity (Wildman–Crippen MR) is 101 cm³/mol. The third kappa shape index (κ3) is 3.43. The summed E-state index contributed by atoms with van der Waals surface area (Å²) in [5, 5.41) is 18.7. The number of allylic oxidation sites excluding steroid dienone is 1. The highest BCUT2D eigenvalue weighted by molar-refractivity contribution is 5.79. The summed E-state index contributed by atoms with van der Waals surface area (Å²) in [5.41, 5.74) is 4.36. The van der Waals surface area contributed by atoms with Crippen LogP contribution in [0.1, 0.15) is 37.7 Å². The number of para-hydroxylation sites is 1. The maximum atomic E-state index is 11.5. The monoisotopic (exact) mass is 340 g/mol. The number of carbonyl (C=O) groups is 1. The molecule has 25 heavy (non-hydrogen) atoms. The maximum Gasteiger partial charge on any atom is 0.308 e. The zero-order chi connectivity index (χ0) is 17.8. The fourth-order valence-corrected chi connectivity index (χ4v) is 3.60. The fourth-order valence-electron chi connectivity index (χ4n) is 3.60. The van der Waals surface area contributed by atoms with Crippen LogP contribution in [0.2, 0.25) is 0 Å². The van der Waals surface area contributed by atoms with Gasteiger partial charge in [-0.1, -0.05) is 18.2 Å². The number of hydrogen-bond donors (Lipinski definition) is 1. The van der Waals surface area contributed by atoms with Crippen molar-refractivity contribution in [3.05, 3.63) is 35.4 Å². The van der Waals surface area contributed by atoms with Crippen molar-refractivity contribution in [1.82, 2.24) is 4.90 Å². The predicted octanol–water partition coefficient (Wildman–Crippen LogP) is 3.42. The van der Waals surface area contributed by atoms with E-state index in [0.717, 1.165) is 49.2 Å². The summed E-state index contributed by atoms with van der Waals surface area (Å²) in [7, 11) is 0. The minimum Gasteiger partial charge on any atom is -0.481 e. The Bertz CT molecular complexity index is 699. The quantitative estimate of drug-likeness (QED) is 0.636. The van der Waals surface area contributed by atoms with Crippen LogP contribution in [0, 0.1) is 5.92 Å². The minimum atomic E-state index is -0.710. The number of rotatable bonds is 6. The second-order valence-corrected chi connectivity index (χ2v) is 6.52. The summed E-state index contributed by atoms with van der Waals surface area (Å²) in [6.07, 6.45) is 4.92. The van der Waals surface area contributed by atoms with Crippen LogP contribution in [0.15, 0.2) is 40.0 Å². The molecule has 1 N–H and O–H groups in total. The Morgan fingerprint density at radius 2 is 1.92 bits per heavy atom. The molecule has 3 rings (SSSR count). The molecular formula is C19H24N4O2. The molecule has 0 amide bonds. The Morgan fingerprint density at radius 3 is 2.52 bits per heavy atom. The normalized spacial score (nSPS) is 19.8. The molecule has 1 heterocycles. The molecule has 1 saturated carbocycles. The average molecular weight is 340 g/mol. The number of hydrazone groups is 2. The first-order valence-electron chi connectivity index (χ1n) is 8.68. The van der Waals surface area contributed by atoms with Gasteiger partial charge in [-0.05, 0) is 43.7 Å². The number of benzene rings is 1. The lowest BCUT2D eigenvalue weighted by atomic mass is 9.86. The second kappa shape index (κ2) is 7.51. The zero-order valence-corrected chi connectivity index (χ0v) is 14.4. The third-order valence-electron chi connectivity index (χ3n) is 5.02. The molecule has 0 bridgehead atoms. The summed E-state index contributed by atoms with van der Waals surface area (Å²) >= 11 is 0. The van der Waals surface area contributed by atoms with Gasteiger partial charge < -0.3 is 10.0 Å². The molecule has 6 nitrogen and oxygen atoms in total. The van der Waals surface area contributed by atoms with Crippen molar-refractivity contribution in [2.75, 3.05) is 18.2 Å². The number of piperidine rings is 1. The van der Waals surface area contributed by atoms with Crippen LogP contribution in [0.25, 0.3) is 5.70 Å². The van der Waals surface area contributed by atoms with E-state index in [1.807, 2.05) is 24.3 Å². The summed E-state index contributed by atoms with van der Waals surface area (Å²) in [5.74, 6) is -1.03. The molecule has 1 aromatic carbocycles. The molecule has 132 valence electrons. The van der Waals surface area contributed by atoms with Gasteiger partial charge in [-0.2, -0.15) is 15.3 Å². The molecule has 1 atom stereocenters. The van der Waals surface area contributed by atoms with Gasteiger partial charge in [-0.15, -0.1) is 0 Å². The molecule has 2 fully saturated rings. The van der Waals surface area contributed by atoms with Crippen molar-refractivity contribution in [1.29, 1.82) is 0 Å². The van der Waals surface area contributed by atoms with Crippen LogP contribution in [-0.2, 0) is 4.79 Å². The van der Waals surface area contributed by atoms with Crippen LogP contribution >= 0.6 is 0 Å². The van der Waals surface area contributed by atoms with E-state index in [0.29, 0.717) is 6.54 Å². The van der Waals surface area contributed by atoms with Gasteiger partial charge in [0, 0.05) is 37.8 Å². The van der Waals surface area contributed by atoms with Crippen molar-refractivity contribution >= 4 is 30.8 Å². The largest absolute Gasteiger partial charge is 0.481 e. The van der Waals surface area contributed by atoms with Crippen molar-refractivity contribution in [2.45, 2.75) is 32.1 Å². The van der Waals surface area contributed by atoms with Crippen LogP contribution in [0.4, 0.5) is 5.69 Å². The first kappa shape index (κ1) is 17.2. The molecule has 1 saturated heterocycles. The Labute approximate surface area is 148 Å². The van der Waals surface area contributed by atoms with Gasteiger partial charge in [-0.25, -0.2) is 0 Å². The molecule has 1 aliphatic carbocycles. The topological polar surface area (TPSA) is 68.5 Å². The number of aliphatic carboxylic acids is 1. The van der Waals surface area contributed by atoms with Crippen molar-refractivity contribution in [3.63, 3.8) is 0 Å². The van der Waals surface area contributed by atoms with Gasteiger partial charge in [0.05, 0.1) is 11.6 Å². The molecular weight excluding hydrogens is 316 g/mol. The second-order valence-electron chi connectivity index (χ2n) is 6.52. The van der Waals surface area contributed by atoms with E-state index in [4.69, 9.17) is 0 Å². The summed E-state index contributed by atoms with van der Waals surface area (Å²) in [4.78, 5) is 13.7. The number of carboxylic acids is 1. The maximum absolute atomic E-state index is 11.5. The SMILES string of the molecule is C=NN(N=C)c1ccccc1C(=C1CCC1)N1CCCC(C(=O)O)C1. The van der Waals surface area contributed by atoms with Crippen LogP contribution < -0.4 is 5.12 Å². The van der Waals surface area contributed by atoms with Gasteiger partial charge in [0.2, 0.25) is 0 Å². The zero-order valence-electron chi connectivity index (χ0n) is 14.4. The van der Waals surface area contributed by atoms with Crippen LogP contribution in [0.5, 0.6) is 0 Å². The number of carboxylic acid groups (broad SMARTS) is 1. The smallest absolute Gasteiger partial charge is 0.308 e. The van der Waals surface area contributed by atoms with Crippen molar-refractivity contribution in [2.24, 2.45) is 16.1 Å². The Hall–Kier alpha value is -2.63.